The number of aryl methyl sites for hydroxylation is 1. The van der Waals surface area contributed by atoms with Crippen molar-refractivity contribution < 1.29 is 9.53 Å². The largest absolute Gasteiger partial charge is 0.464 e. The highest BCUT2D eigenvalue weighted by Crippen LogP contribution is 2.30. The van der Waals surface area contributed by atoms with Crippen molar-refractivity contribution >= 4 is 17.6 Å². The maximum atomic E-state index is 12.3. The van der Waals surface area contributed by atoms with Crippen LogP contribution in [0, 0.1) is 0 Å². The summed E-state index contributed by atoms with van der Waals surface area (Å²) in [6, 6.07) is 16.0. The first-order valence-electron chi connectivity index (χ1n) is 11.4. The topological polar surface area (TPSA) is 98.6 Å². The van der Waals surface area contributed by atoms with Crippen LogP contribution in [-0.2, 0) is 17.7 Å². The van der Waals surface area contributed by atoms with Crippen LogP contribution in [0.3, 0.4) is 0 Å². The molecule has 1 N–H and O–H groups in total. The monoisotopic (exact) mass is 480 g/mol. The molecule has 2 heterocycles. The number of aromatic nitrogens is 6. The van der Waals surface area contributed by atoms with E-state index in [0.717, 1.165) is 47.3 Å². The molecule has 0 saturated carbocycles. The number of esters is 1. The minimum Gasteiger partial charge on any atom is -0.464 e. The molecule has 0 bridgehead atoms. The first kappa shape index (κ1) is 25.1. The smallest absolute Gasteiger partial charge is 0.357 e. The lowest BCUT2D eigenvalue weighted by molar-refractivity contribution is 0.0589. The zero-order chi connectivity index (χ0) is 24.5. The highest BCUT2D eigenvalue weighted by molar-refractivity contribution is 6.32. The van der Waals surface area contributed by atoms with E-state index in [1.165, 1.54) is 7.11 Å². The predicted molar refractivity (Wildman–Crippen MR) is 133 cm³/mol. The van der Waals surface area contributed by atoms with Crippen molar-refractivity contribution in [2.75, 3.05) is 7.11 Å². The maximum absolute atomic E-state index is 12.3. The molecule has 178 valence electrons. The van der Waals surface area contributed by atoms with Gasteiger partial charge in [-0.25, -0.2) is 9.78 Å². The van der Waals surface area contributed by atoms with Crippen LogP contribution >= 0.6 is 11.6 Å². The first-order valence-corrected chi connectivity index (χ1v) is 11.8. The molecule has 0 radical (unpaired) electrons. The van der Waals surface area contributed by atoms with Crippen molar-refractivity contribution in [3.05, 3.63) is 70.8 Å². The van der Waals surface area contributed by atoms with Crippen molar-refractivity contribution in [2.45, 2.75) is 46.6 Å². The van der Waals surface area contributed by atoms with E-state index in [0.29, 0.717) is 12.4 Å². The van der Waals surface area contributed by atoms with Crippen LogP contribution in [0.25, 0.3) is 22.5 Å². The van der Waals surface area contributed by atoms with Gasteiger partial charge in [0.1, 0.15) is 5.82 Å². The Morgan fingerprint density at radius 2 is 1.79 bits per heavy atom. The minimum atomic E-state index is -0.490. The Bertz CT molecular complexity index is 1200. The summed E-state index contributed by atoms with van der Waals surface area (Å²) in [5.74, 6) is 0.834. The summed E-state index contributed by atoms with van der Waals surface area (Å²) in [7, 11) is 1.34. The number of hydrogen-bond acceptors (Lipinski definition) is 6. The molecular weight excluding hydrogens is 452 g/mol. The van der Waals surface area contributed by atoms with Gasteiger partial charge in [-0.1, -0.05) is 87.3 Å². The van der Waals surface area contributed by atoms with Crippen LogP contribution in [0.1, 0.15) is 55.5 Å². The van der Waals surface area contributed by atoms with Gasteiger partial charge in [-0.15, -0.1) is 10.2 Å². The predicted octanol–water partition coefficient (Wildman–Crippen LogP) is 5.59. The lowest BCUT2D eigenvalue weighted by Gasteiger charge is -2.12. The molecule has 0 amide bonds. The van der Waals surface area contributed by atoms with Crippen LogP contribution in [0.15, 0.2) is 48.5 Å². The van der Waals surface area contributed by atoms with Crippen molar-refractivity contribution in [2.24, 2.45) is 0 Å². The van der Waals surface area contributed by atoms with E-state index in [4.69, 9.17) is 16.3 Å². The molecule has 0 atom stereocenters. The number of unbranched alkanes of at least 4 members (excludes halogenated alkanes) is 1. The molecule has 0 unspecified atom stereocenters. The summed E-state index contributed by atoms with van der Waals surface area (Å²) in [6.45, 7) is 6.58. The normalized spacial score (nSPS) is 10.5. The Hall–Kier alpha value is -3.52. The summed E-state index contributed by atoms with van der Waals surface area (Å²) in [5, 5.41) is 14.5. The summed E-state index contributed by atoms with van der Waals surface area (Å²) in [5.41, 5.74) is 4.22. The number of ether oxygens (including phenoxy) is 1. The molecule has 4 aromatic rings. The van der Waals surface area contributed by atoms with Crippen LogP contribution in [0.4, 0.5) is 0 Å². The third-order valence-corrected chi connectivity index (χ3v) is 5.52. The first-order chi connectivity index (χ1) is 16.6. The van der Waals surface area contributed by atoms with Crippen molar-refractivity contribution in [3.63, 3.8) is 0 Å². The standard InChI is InChI=1S/C23H23ClN6O2.C2H6/c1-3-4-9-19-25-21(24)20(23(31)32-2)30(19)14-15-10-12-16(13-11-15)17-7-5-6-8-18(17)22-26-28-29-27-22;1-2/h5-8,10-13H,3-4,9,14H2,1-2H3,(H,26,27,28,29);1-2H3. The van der Waals surface area contributed by atoms with Crippen molar-refractivity contribution in [1.29, 1.82) is 0 Å². The lowest BCUT2D eigenvalue weighted by atomic mass is 9.98. The number of carbonyl (C=O) groups excluding carboxylic acids is 1. The fourth-order valence-corrected chi connectivity index (χ4v) is 3.91. The molecule has 2 aromatic carbocycles. The van der Waals surface area contributed by atoms with Crippen LogP contribution < -0.4 is 0 Å². The highest BCUT2D eigenvalue weighted by Gasteiger charge is 2.22. The second-order valence-corrected chi connectivity index (χ2v) is 7.68. The Labute approximate surface area is 204 Å². The number of halogens is 1. The number of imidazole rings is 1. The Balaban J connectivity index is 0.00000158. The summed E-state index contributed by atoms with van der Waals surface area (Å²) in [4.78, 5) is 16.8. The molecule has 0 aliphatic heterocycles. The number of methoxy groups -OCH3 is 1. The molecule has 0 spiro atoms. The van der Waals surface area contributed by atoms with Gasteiger partial charge in [-0.3, -0.25) is 0 Å². The van der Waals surface area contributed by atoms with Crippen molar-refractivity contribution in [3.8, 4) is 22.5 Å². The molecular formula is C25H29ClN6O2. The Morgan fingerprint density at radius 1 is 1.09 bits per heavy atom. The third-order valence-electron chi connectivity index (χ3n) is 5.26. The summed E-state index contributed by atoms with van der Waals surface area (Å²) < 4.78 is 6.79. The molecule has 0 aliphatic rings. The quantitative estimate of drug-likeness (QED) is 0.330. The molecule has 34 heavy (non-hydrogen) atoms. The van der Waals surface area contributed by atoms with Gasteiger partial charge in [0.15, 0.2) is 10.8 Å². The van der Waals surface area contributed by atoms with Gasteiger partial charge < -0.3 is 9.30 Å². The van der Waals surface area contributed by atoms with Gasteiger partial charge in [0, 0.05) is 18.5 Å². The Morgan fingerprint density at radius 3 is 2.41 bits per heavy atom. The Kier molecular flexibility index (Phi) is 8.93. The van der Waals surface area contributed by atoms with E-state index in [1.807, 2.05) is 66.9 Å². The maximum Gasteiger partial charge on any atom is 0.357 e. The van der Waals surface area contributed by atoms with Gasteiger partial charge in [-0.05, 0) is 28.3 Å². The molecule has 2 aromatic heterocycles. The highest BCUT2D eigenvalue weighted by atomic mass is 35.5. The number of rotatable bonds is 8. The lowest BCUT2D eigenvalue weighted by Crippen LogP contribution is -2.14. The number of carbonyl (C=O) groups is 1. The van der Waals surface area contributed by atoms with Crippen molar-refractivity contribution in [1.82, 2.24) is 30.2 Å². The molecule has 0 aliphatic carbocycles. The SMILES string of the molecule is CC.CCCCc1nc(Cl)c(C(=O)OC)n1Cc1ccc(-c2ccccc2-c2nn[nH]n2)cc1. The van der Waals surface area contributed by atoms with Gasteiger partial charge in [0.25, 0.3) is 0 Å². The number of tetrazole rings is 1. The minimum absolute atomic E-state index is 0.175. The van der Waals surface area contributed by atoms with Crippen LogP contribution in [0.2, 0.25) is 5.15 Å². The van der Waals surface area contributed by atoms with E-state index in [2.05, 4.69) is 32.5 Å². The van der Waals surface area contributed by atoms with E-state index >= 15 is 0 Å². The van der Waals surface area contributed by atoms with E-state index < -0.39 is 5.97 Å². The van der Waals surface area contributed by atoms with E-state index in [1.54, 1.807) is 0 Å². The molecule has 8 nitrogen and oxygen atoms in total. The zero-order valence-corrected chi connectivity index (χ0v) is 20.6. The zero-order valence-electron chi connectivity index (χ0n) is 19.9. The average molecular weight is 481 g/mol. The second kappa shape index (κ2) is 12.1. The average Bonchev–Trinajstić information content (AvgIpc) is 3.52. The molecule has 9 heteroatoms. The van der Waals surface area contributed by atoms with Gasteiger partial charge in [0.05, 0.1) is 7.11 Å². The molecule has 0 saturated heterocycles. The summed E-state index contributed by atoms with van der Waals surface area (Å²) >= 11 is 6.29. The second-order valence-electron chi connectivity index (χ2n) is 7.33. The van der Waals surface area contributed by atoms with Gasteiger partial charge in [-0.2, -0.15) is 5.21 Å². The fraction of sp³-hybridized carbons (Fsp3) is 0.320. The van der Waals surface area contributed by atoms with Crippen LogP contribution in [0.5, 0.6) is 0 Å². The number of nitrogens with one attached hydrogen (secondary N) is 1. The van der Waals surface area contributed by atoms with Crippen LogP contribution in [-0.4, -0.2) is 43.3 Å². The van der Waals surface area contributed by atoms with Gasteiger partial charge >= 0.3 is 5.97 Å². The molecule has 4 rings (SSSR count). The number of hydrogen-bond donors (Lipinski definition) is 1. The fourth-order valence-electron chi connectivity index (χ4n) is 3.63. The number of nitrogens with zero attached hydrogens (tertiary/aromatic N) is 5. The summed E-state index contributed by atoms with van der Waals surface area (Å²) in [6.07, 6.45) is 2.72. The van der Waals surface area contributed by atoms with E-state index in [-0.39, 0.29) is 10.8 Å². The number of aromatic amines is 1. The van der Waals surface area contributed by atoms with E-state index in [9.17, 15) is 4.79 Å². The third kappa shape index (κ3) is 5.51. The molecule has 0 fully saturated rings. The van der Waals surface area contributed by atoms with Gasteiger partial charge in [0.2, 0.25) is 5.82 Å². The number of benzene rings is 2. The number of H-pyrrole nitrogens is 1.